The molecule has 2 N–H and O–H groups in total. The van der Waals surface area contributed by atoms with Crippen LogP contribution in [0.15, 0.2) is 12.7 Å². The summed E-state index contributed by atoms with van der Waals surface area (Å²) in [6, 6.07) is -0.455. The molecule has 0 radical (unpaired) electrons. The second-order valence-electron chi connectivity index (χ2n) is 5.85. The summed E-state index contributed by atoms with van der Waals surface area (Å²) in [6.45, 7) is 5.75. The molecule has 1 aliphatic heterocycles. The summed E-state index contributed by atoms with van der Waals surface area (Å²) in [4.78, 5) is 37.3. The van der Waals surface area contributed by atoms with Gasteiger partial charge >= 0.3 is 6.03 Å². The number of carbonyl (C=O) groups is 3. The van der Waals surface area contributed by atoms with Crippen molar-refractivity contribution in [3.8, 4) is 0 Å². The van der Waals surface area contributed by atoms with Gasteiger partial charge in [-0.25, -0.2) is 4.79 Å². The molecule has 2 fully saturated rings. The lowest BCUT2D eigenvalue weighted by Crippen LogP contribution is -2.50. The Hall–Kier alpha value is -1.85. The van der Waals surface area contributed by atoms with E-state index >= 15 is 0 Å². The summed E-state index contributed by atoms with van der Waals surface area (Å²) < 4.78 is 0. The van der Waals surface area contributed by atoms with Crippen LogP contribution in [0.1, 0.15) is 39.0 Å². The molecule has 0 bridgehead atoms. The molecule has 0 aromatic heterocycles. The van der Waals surface area contributed by atoms with Crippen molar-refractivity contribution in [2.24, 2.45) is 5.92 Å². The fourth-order valence-corrected chi connectivity index (χ4v) is 3.12. The Labute approximate surface area is 124 Å². The maximum Gasteiger partial charge on any atom is 0.325 e. The minimum Gasteiger partial charge on any atom is -0.351 e. The number of nitrogens with one attached hydrogen (secondary N) is 2. The van der Waals surface area contributed by atoms with E-state index in [1.165, 1.54) is 0 Å². The molecule has 116 valence electrons. The van der Waals surface area contributed by atoms with Gasteiger partial charge in [-0.2, -0.15) is 0 Å². The molecule has 1 spiro atoms. The molecule has 1 saturated carbocycles. The second-order valence-corrected chi connectivity index (χ2v) is 5.85. The fourth-order valence-electron chi connectivity index (χ4n) is 3.12. The third-order valence-electron chi connectivity index (χ3n) is 4.53. The van der Waals surface area contributed by atoms with Gasteiger partial charge in [0, 0.05) is 6.54 Å². The van der Waals surface area contributed by atoms with Gasteiger partial charge in [-0.1, -0.05) is 19.4 Å². The maximum absolute atomic E-state index is 12.5. The molecule has 1 aliphatic carbocycles. The topological polar surface area (TPSA) is 78.5 Å². The van der Waals surface area contributed by atoms with E-state index in [0.29, 0.717) is 25.3 Å². The monoisotopic (exact) mass is 293 g/mol. The van der Waals surface area contributed by atoms with E-state index < -0.39 is 11.6 Å². The summed E-state index contributed by atoms with van der Waals surface area (Å²) in [5.74, 6) is 0.0266. The van der Waals surface area contributed by atoms with E-state index in [-0.39, 0.29) is 18.4 Å². The summed E-state index contributed by atoms with van der Waals surface area (Å²) >= 11 is 0. The Morgan fingerprint density at radius 2 is 2.14 bits per heavy atom. The van der Waals surface area contributed by atoms with E-state index in [1.807, 2.05) is 0 Å². The van der Waals surface area contributed by atoms with Gasteiger partial charge in [0.15, 0.2) is 0 Å². The molecule has 6 nitrogen and oxygen atoms in total. The number of imide groups is 1. The van der Waals surface area contributed by atoms with Crippen molar-refractivity contribution in [3.63, 3.8) is 0 Å². The van der Waals surface area contributed by atoms with Gasteiger partial charge in [-0.05, 0) is 31.6 Å². The van der Waals surface area contributed by atoms with Crippen LogP contribution in [-0.4, -0.2) is 41.4 Å². The molecule has 0 unspecified atom stereocenters. The molecule has 21 heavy (non-hydrogen) atoms. The average Bonchev–Trinajstić information content (AvgIpc) is 2.70. The third kappa shape index (κ3) is 3.09. The lowest BCUT2D eigenvalue weighted by molar-refractivity contribution is -0.136. The average molecular weight is 293 g/mol. The molecule has 1 saturated heterocycles. The van der Waals surface area contributed by atoms with Crippen LogP contribution >= 0.6 is 0 Å². The number of hydrogen-bond acceptors (Lipinski definition) is 3. The van der Waals surface area contributed by atoms with Crippen molar-refractivity contribution in [3.05, 3.63) is 12.7 Å². The first kappa shape index (κ1) is 15.5. The van der Waals surface area contributed by atoms with E-state index in [2.05, 4.69) is 24.1 Å². The molecular formula is C15H23N3O3. The zero-order valence-electron chi connectivity index (χ0n) is 12.5. The number of nitrogens with zero attached hydrogens (tertiary/aromatic N) is 1. The van der Waals surface area contributed by atoms with Crippen LogP contribution in [0.4, 0.5) is 4.79 Å². The molecule has 2 rings (SSSR count). The highest BCUT2D eigenvalue weighted by Crippen LogP contribution is 2.37. The van der Waals surface area contributed by atoms with Crippen molar-refractivity contribution in [2.75, 3.05) is 13.1 Å². The predicted octanol–water partition coefficient (Wildman–Crippen LogP) is 1.18. The standard InChI is InChI=1S/C15H23N3O3/c1-3-9-16-12(19)10-18-13(20)15(17-14(18)21)7-5-11(4-2)6-8-15/h3,11H,1,4-10H2,2H3,(H,16,19)(H,17,21). The van der Waals surface area contributed by atoms with Crippen molar-refractivity contribution in [1.82, 2.24) is 15.5 Å². The van der Waals surface area contributed by atoms with E-state index in [9.17, 15) is 14.4 Å². The first-order valence-corrected chi connectivity index (χ1v) is 7.54. The molecule has 2 aliphatic rings. The maximum atomic E-state index is 12.5. The zero-order chi connectivity index (χ0) is 15.5. The Morgan fingerprint density at radius 1 is 1.48 bits per heavy atom. The van der Waals surface area contributed by atoms with Crippen LogP contribution in [0.2, 0.25) is 0 Å². The molecule has 1 heterocycles. The van der Waals surface area contributed by atoms with Crippen molar-refractivity contribution in [1.29, 1.82) is 0 Å². The number of carbonyl (C=O) groups excluding carboxylic acids is 3. The minimum atomic E-state index is -0.776. The first-order chi connectivity index (χ1) is 10.0. The van der Waals surface area contributed by atoms with Crippen molar-refractivity contribution in [2.45, 2.75) is 44.6 Å². The van der Waals surface area contributed by atoms with Crippen LogP contribution in [-0.2, 0) is 9.59 Å². The summed E-state index contributed by atoms with van der Waals surface area (Å²) in [5, 5.41) is 5.39. The summed E-state index contributed by atoms with van der Waals surface area (Å²) in [6.07, 6.45) is 5.88. The number of urea groups is 1. The van der Waals surface area contributed by atoms with Crippen LogP contribution in [0.3, 0.4) is 0 Å². The van der Waals surface area contributed by atoms with Crippen molar-refractivity contribution < 1.29 is 14.4 Å². The van der Waals surface area contributed by atoms with E-state index in [0.717, 1.165) is 24.2 Å². The fraction of sp³-hybridized carbons (Fsp3) is 0.667. The Kier molecular flexibility index (Phi) is 4.65. The molecule has 0 aromatic carbocycles. The Balaban J connectivity index is 2.00. The second kappa shape index (κ2) is 6.28. The van der Waals surface area contributed by atoms with Gasteiger partial charge in [0.05, 0.1) is 0 Å². The number of rotatable bonds is 5. The van der Waals surface area contributed by atoms with Crippen LogP contribution < -0.4 is 10.6 Å². The van der Waals surface area contributed by atoms with Crippen LogP contribution in [0.5, 0.6) is 0 Å². The molecule has 4 amide bonds. The van der Waals surface area contributed by atoms with Crippen LogP contribution in [0, 0.1) is 5.92 Å². The highest BCUT2D eigenvalue weighted by atomic mass is 16.2. The molecule has 6 heteroatoms. The lowest BCUT2D eigenvalue weighted by atomic mass is 9.75. The number of hydrogen-bond donors (Lipinski definition) is 2. The number of amides is 4. The third-order valence-corrected chi connectivity index (χ3v) is 4.53. The van der Waals surface area contributed by atoms with Gasteiger partial charge in [0.25, 0.3) is 5.91 Å². The van der Waals surface area contributed by atoms with Gasteiger partial charge in [-0.3, -0.25) is 14.5 Å². The highest BCUT2D eigenvalue weighted by Gasteiger charge is 2.52. The predicted molar refractivity (Wildman–Crippen MR) is 78.4 cm³/mol. The van der Waals surface area contributed by atoms with Gasteiger partial charge in [0.1, 0.15) is 12.1 Å². The smallest absolute Gasteiger partial charge is 0.325 e. The summed E-state index contributed by atoms with van der Waals surface area (Å²) in [7, 11) is 0. The van der Waals surface area contributed by atoms with Crippen molar-refractivity contribution >= 4 is 17.8 Å². The highest BCUT2D eigenvalue weighted by molar-refractivity contribution is 6.09. The van der Waals surface area contributed by atoms with Gasteiger partial charge < -0.3 is 10.6 Å². The van der Waals surface area contributed by atoms with E-state index in [4.69, 9.17) is 0 Å². The summed E-state index contributed by atoms with van der Waals surface area (Å²) in [5.41, 5.74) is -0.776. The quantitative estimate of drug-likeness (QED) is 0.590. The Bertz CT molecular complexity index is 453. The normalized spacial score (nSPS) is 28.6. The molecule has 0 aromatic rings. The van der Waals surface area contributed by atoms with Gasteiger partial charge in [0.2, 0.25) is 5.91 Å². The Morgan fingerprint density at radius 3 is 2.71 bits per heavy atom. The van der Waals surface area contributed by atoms with Gasteiger partial charge in [-0.15, -0.1) is 6.58 Å². The largest absolute Gasteiger partial charge is 0.351 e. The zero-order valence-corrected chi connectivity index (χ0v) is 12.5. The SMILES string of the molecule is C=CCNC(=O)CN1C(=O)NC2(CCC(CC)CC2)C1=O. The van der Waals surface area contributed by atoms with E-state index in [1.54, 1.807) is 6.08 Å². The van der Waals surface area contributed by atoms with Crippen LogP contribution in [0.25, 0.3) is 0 Å². The molecule has 0 atom stereocenters. The lowest BCUT2D eigenvalue weighted by Gasteiger charge is -2.34. The first-order valence-electron chi connectivity index (χ1n) is 7.54. The minimum absolute atomic E-state index is 0.225. The molecular weight excluding hydrogens is 270 g/mol.